The Hall–Kier alpha value is -5.04. The van der Waals surface area contributed by atoms with Gasteiger partial charge in [-0.15, -0.1) is 0 Å². The summed E-state index contributed by atoms with van der Waals surface area (Å²) in [4.78, 5) is 28.5. The topological polar surface area (TPSA) is 99.1 Å². The molecular formula is C34H32N2O5. The highest BCUT2D eigenvalue weighted by Gasteiger charge is 2.47. The number of aliphatic hydroxyl groups is 1. The van der Waals surface area contributed by atoms with Crippen LogP contribution in [0.25, 0.3) is 5.76 Å². The number of ketones is 1. The summed E-state index contributed by atoms with van der Waals surface area (Å²) in [7, 11) is 0. The van der Waals surface area contributed by atoms with Crippen LogP contribution in [0.2, 0.25) is 0 Å². The average Bonchev–Trinajstić information content (AvgIpc) is 3.24. The number of anilines is 3. The van der Waals surface area contributed by atoms with E-state index < -0.39 is 17.7 Å². The van der Waals surface area contributed by atoms with Gasteiger partial charge in [0.1, 0.15) is 17.3 Å². The summed E-state index contributed by atoms with van der Waals surface area (Å²) < 4.78 is 5.76. The van der Waals surface area contributed by atoms with Gasteiger partial charge in [-0.05, 0) is 90.7 Å². The Morgan fingerprint density at radius 2 is 1.56 bits per heavy atom. The minimum Gasteiger partial charge on any atom is -0.508 e. The summed E-state index contributed by atoms with van der Waals surface area (Å²) in [6, 6.07) is 27.5. The van der Waals surface area contributed by atoms with Gasteiger partial charge < -0.3 is 20.3 Å². The van der Waals surface area contributed by atoms with Crippen molar-refractivity contribution in [3.05, 3.63) is 119 Å². The smallest absolute Gasteiger partial charge is 0.300 e. The highest BCUT2D eigenvalue weighted by atomic mass is 16.5. The van der Waals surface area contributed by atoms with E-state index in [-0.39, 0.29) is 23.0 Å². The number of benzene rings is 4. The lowest BCUT2D eigenvalue weighted by molar-refractivity contribution is -0.132. The molecule has 0 spiro atoms. The van der Waals surface area contributed by atoms with Gasteiger partial charge in [0.2, 0.25) is 0 Å². The van der Waals surface area contributed by atoms with Crippen molar-refractivity contribution in [1.82, 2.24) is 0 Å². The number of phenolic OH excluding ortho intramolecular Hbond substituents is 1. The number of aliphatic hydroxyl groups excluding tert-OH is 1. The number of para-hydroxylation sites is 1. The molecule has 1 atom stereocenters. The van der Waals surface area contributed by atoms with Crippen LogP contribution in [0.3, 0.4) is 0 Å². The van der Waals surface area contributed by atoms with Crippen LogP contribution in [0.1, 0.15) is 49.4 Å². The first-order chi connectivity index (χ1) is 19.8. The summed E-state index contributed by atoms with van der Waals surface area (Å²) in [5, 5.41) is 24.8. The van der Waals surface area contributed by atoms with E-state index in [1.165, 1.54) is 17.0 Å². The molecule has 0 bridgehead atoms. The van der Waals surface area contributed by atoms with Gasteiger partial charge in [-0.25, -0.2) is 0 Å². The van der Waals surface area contributed by atoms with Crippen molar-refractivity contribution >= 4 is 34.5 Å². The fourth-order valence-corrected chi connectivity index (χ4v) is 5.05. The van der Waals surface area contributed by atoms with Crippen LogP contribution in [-0.4, -0.2) is 28.5 Å². The largest absolute Gasteiger partial charge is 0.508 e. The first kappa shape index (κ1) is 27.5. The zero-order valence-electron chi connectivity index (χ0n) is 23.2. The number of carbonyl (C=O) groups is 2. The van der Waals surface area contributed by atoms with Gasteiger partial charge in [0.25, 0.3) is 11.7 Å². The predicted octanol–water partition coefficient (Wildman–Crippen LogP) is 7.28. The van der Waals surface area contributed by atoms with Crippen LogP contribution >= 0.6 is 0 Å². The molecular weight excluding hydrogens is 516 g/mol. The molecule has 1 heterocycles. The van der Waals surface area contributed by atoms with E-state index in [0.29, 0.717) is 29.2 Å². The summed E-state index contributed by atoms with van der Waals surface area (Å²) in [6.07, 6.45) is 0. The number of hydrogen-bond donors (Lipinski definition) is 3. The second-order valence-electron chi connectivity index (χ2n) is 10.1. The van der Waals surface area contributed by atoms with Gasteiger partial charge in [-0.3, -0.25) is 14.5 Å². The molecule has 1 aliphatic rings. The van der Waals surface area contributed by atoms with E-state index >= 15 is 0 Å². The normalized spacial score (nSPS) is 16.3. The monoisotopic (exact) mass is 548 g/mol. The van der Waals surface area contributed by atoms with Gasteiger partial charge in [0.05, 0.1) is 18.2 Å². The average molecular weight is 549 g/mol. The molecule has 1 saturated heterocycles. The number of nitrogens with zero attached hydrogens (tertiary/aromatic N) is 1. The summed E-state index contributed by atoms with van der Waals surface area (Å²) in [5.74, 6) is -0.941. The van der Waals surface area contributed by atoms with Crippen molar-refractivity contribution in [2.24, 2.45) is 0 Å². The lowest BCUT2D eigenvalue weighted by atomic mass is 9.93. The Bertz CT molecular complexity index is 1590. The van der Waals surface area contributed by atoms with Crippen LogP contribution in [-0.2, 0) is 9.59 Å². The molecule has 4 aromatic carbocycles. The van der Waals surface area contributed by atoms with Gasteiger partial charge >= 0.3 is 0 Å². The van der Waals surface area contributed by atoms with Crippen molar-refractivity contribution in [3.63, 3.8) is 0 Å². The second kappa shape index (κ2) is 11.6. The second-order valence-corrected chi connectivity index (χ2v) is 10.1. The lowest BCUT2D eigenvalue weighted by Gasteiger charge is -2.26. The standard InChI is InChI=1S/C34H32N2O5/c1-4-41-29-19-12-23(20-28(29)21(2)3)32(38)30-31(22-10-17-27(37)18-11-22)36(34(40)33(30)39)26-15-13-25(14-16-26)35-24-8-6-5-7-9-24/h5-21,31,35,37-38H,4H2,1-3H3/b32-30-. The van der Waals surface area contributed by atoms with Crippen molar-refractivity contribution in [2.75, 3.05) is 16.8 Å². The fraction of sp³-hybridized carbons (Fsp3) is 0.176. The van der Waals surface area contributed by atoms with Gasteiger partial charge in [0, 0.05) is 22.6 Å². The number of nitrogens with one attached hydrogen (secondary N) is 1. The highest BCUT2D eigenvalue weighted by molar-refractivity contribution is 6.51. The molecule has 0 saturated carbocycles. The Balaban J connectivity index is 1.60. The molecule has 0 aliphatic carbocycles. The molecule has 41 heavy (non-hydrogen) atoms. The maximum absolute atomic E-state index is 13.6. The van der Waals surface area contributed by atoms with E-state index in [2.05, 4.69) is 5.32 Å². The molecule has 208 valence electrons. The number of aromatic hydroxyl groups is 1. The minimum absolute atomic E-state index is 0.0222. The zero-order chi connectivity index (χ0) is 29.1. The van der Waals surface area contributed by atoms with E-state index in [4.69, 9.17) is 4.74 Å². The summed E-state index contributed by atoms with van der Waals surface area (Å²) in [5.41, 5.74) is 4.08. The summed E-state index contributed by atoms with van der Waals surface area (Å²) >= 11 is 0. The molecule has 5 rings (SSSR count). The minimum atomic E-state index is -0.905. The third-order valence-electron chi connectivity index (χ3n) is 7.07. The molecule has 1 amide bonds. The molecule has 1 unspecified atom stereocenters. The number of amides is 1. The van der Waals surface area contributed by atoms with E-state index in [0.717, 1.165) is 16.9 Å². The molecule has 7 nitrogen and oxygen atoms in total. The number of rotatable bonds is 8. The first-order valence-corrected chi connectivity index (χ1v) is 13.6. The van der Waals surface area contributed by atoms with E-state index in [1.807, 2.05) is 63.2 Å². The Kier molecular flexibility index (Phi) is 7.79. The quantitative estimate of drug-likeness (QED) is 0.122. The number of ether oxygens (including phenoxy) is 1. The van der Waals surface area contributed by atoms with E-state index in [1.54, 1.807) is 42.5 Å². The van der Waals surface area contributed by atoms with Crippen LogP contribution in [0.15, 0.2) is 103 Å². The van der Waals surface area contributed by atoms with Gasteiger partial charge in [-0.2, -0.15) is 0 Å². The maximum atomic E-state index is 13.6. The maximum Gasteiger partial charge on any atom is 0.300 e. The van der Waals surface area contributed by atoms with Gasteiger partial charge in [-0.1, -0.05) is 44.2 Å². The fourth-order valence-electron chi connectivity index (χ4n) is 5.05. The number of Topliss-reactive ketones (excluding diaryl/α,β-unsaturated/α-hetero) is 1. The Labute approximate surface area is 239 Å². The van der Waals surface area contributed by atoms with Crippen molar-refractivity contribution < 1.29 is 24.5 Å². The Morgan fingerprint density at radius 3 is 2.20 bits per heavy atom. The Morgan fingerprint density at radius 1 is 0.902 bits per heavy atom. The molecule has 4 aromatic rings. The highest BCUT2D eigenvalue weighted by Crippen LogP contribution is 2.43. The molecule has 1 aliphatic heterocycles. The number of phenols is 1. The van der Waals surface area contributed by atoms with Crippen LogP contribution in [0.4, 0.5) is 17.1 Å². The molecule has 0 radical (unpaired) electrons. The van der Waals surface area contributed by atoms with E-state index in [9.17, 15) is 19.8 Å². The first-order valence-electron chi connectivity index (χ1n) is 13.6. The molecule has 1 fully saturated rings. The number of hydrogen-bond acceptors (Lipinski definition) is 6. The molecule has 3 N–H and O–H groups in total. The molecule has 0 aromatic heterocycles. The predicted molar refractivity (Wildman–Crippen MR) is 161 cm³/mol. The van der Waals surface area contributed by atoms with Crippen LogP contribution in [0, 0.1) is 0 Å². The van der Waals surface area contributed by atoms with Crippen LogP contribution in [0.5, 0.6) is 11.5 Å². The summed E-state index contributed by atoms with van der Waals surface area (Å²) in [6.45, 7) is 6.44. The third-order valence-corrected chi connectivity index (χ3v) is 7.07. The lowest BCUT2D eigenvalue weighted by Crippen LogP contribution is -2.29. The number of carbonyl (C=O) groups excluding carboxylic acids is 2. The van der Waals surface area contributed by atoms with Crippen molar-refractivity contribution in [1.29, 1.82) is 0 Å². The van der Waals surface area contributed by atoms with Crippen molar-refractivity contribution in [3.8, 4) is 11.5 Å². The van der Waals surface area contributed by atoms with Crippen LogP contribution < -0.4 is 15.0 Å². The third kappa shape index (κ3) is 5.52. The zero-order valence-corrected chi connectivity index (χ0v) is 23.2. The van der Waals surface area contributed by atoms with Gasteiger partial charge in [0.15, 0.2) is 0 Å². The van der Waals surface area contributed by atoms with Crippen molar-refractivity contribution in [2.45, 2.75) is 32.7 Å². The SMILES string of the molecule is CCOc1ccc(/C(O)=C2/C(=O)C(=O)N(c3ccc(Nc4ccccc4)cc3)C2c2ccc(O)cc2)cc1C(C)C. The molecule has 7 heteroatoms.